The highest BCUT2D eigenvalue weighted by Crippen LogP contribution is 2.35. The molecule has 0 heterocycles. The maximum absolute atomic E-state index is 10.1. The van der Waals surface area contributed by atoms with Crippen molar-refractivity contribution >= 4 is 11.6 Å². The van der Waals surface area contributed by atoms with Crippen LogP contribution in [-0.4, -0.2) is 5.11 Å². The van der Waals surface area contributed by atoms with Crippen LogP contribution in [0.5, 0.6) is 0 Å². The van der Waals surface area contributed by atoms with Crippen LogP contribution in [-0.2, 0) is 0 Å². The number of hydrogen-bond acceptors (Lipinski definition) is 1. The Kier molecular flexibility index (Phi) is 3.09. The van der Waals surface area contributed by atoms with Gasteiger partial charge in [-0.3, -0.25) is 0 Å². The highest BCUT2D eigenvalue weighted by atomic mass is 35.5. The molecule has 0 bridgehead atoms. The van der Waals surface area contributed by atoms with Gasteiger partial charge in [0.2, 0.25) is 0 Å². The fourth-order valence-corrected chi connectivity index (χ4v) is 2.43. The number of hydrogen-bond donors (Lipinski definition) is 1. The zero-order valence-electron chi connectivity index (χ0n) is 8.12. The molecular formula is C12H15ClO. The van der Waals surface area contributed by atoms with Crippen molar-refractivity contribution < 1.29 is 5.11 Å². The van der Waals surface area contributed by atoms with Gasteiger partial charge in [0.05, 0.1) is 6.10 Å². The van der Waals surface area contributed by atoms with E-state index in [1.54, 1.807) is 0 Å². The third kappa shape index (κ3) is 2.10. The first-order valence-electron chi connectivity index (χ1n) is 5.21. The van der Waals surface area contributed by atoms with Gasteiger partial charge in [-0.1, -0.05) is 36.6 Å². The fourth-order valence-electron chi connectivity index (χ4n) is 2.24. The van der Waals surface area contributed by atoms with E-state index in [9.17, 15) is 5.11 Å². The minimum absolute atomic E-state index is 0.323. The summed E-state index contributed by atoms with van der Waals surface area (Å²) in [5.41, 5.74) is 0.962. The van der Waals surface area contributed by atoms with Gasteiger partial charge < -0.3 is 5.11 Å². The predicted octanol–water partition coefficient (Wildman–Crippen LogP) is 3.56. The van der Waals surface area contributed by atoms with E-state index >= 15 is 0 Å². The van der Waals surface area contributed by atoms with Gasteiger partial charge in [-0.05, 0) is 36.5 Å². The second-order valence-electron chi connectivity index (χ2n) is 4.04. The fraction of sp³-hybridized carbons (Fsp3) is 0.500. The monoisotopic (exact) mass is 210 g/mol. The lowest BCUT2D eigenvalue weighted by Crippen LogP contribution is -2.08. The van der Waals surface area contributed by atoms with Gasteiger partial charge in [0.15, 0.2) is 0 Å². The van der Waals surface area contributed by atoms with Crippen molar-refractivity contribution in [3.8, 4) is 0 Å². The van der Waals surface area contributed by atoms with E-state index in [0.717, 1.165) is 18.4 Å². The molecule has 1 N–H and O–H groups in total. The lowest BCUT2D eigenvalue weighted by Gasteiger charge is -2.17. The Morgan fingerprint density at radius 3 is 2.64 bits per heavy atom. The molecular weight excluding hydrogens is 196 g/mol. The maximum atomic E-state index is 10.1. The van der Waals surface area contributed by atoms with Gasteiger partial charge >= 0.3 is 0 Å². The Balaban J connectivity index is 2.13. The van der Waals surface area contributed by atoms with Crippen molar-refractivity contribution in [3.05, 3.63) is 34.9 Å². The molecule has 1 aromatic rings. The van der Waals surface area contributed by atoms with E-state index in [1.165, 1.54) is 12.8 Å². The number of aliphatic hydroxyl groups excluding tert-OH is 1. The molecule has 1 saturated carbocycles. The highest BCUT2D eigenvalue weighted by molar-refractivity contribution is 6.30. The molecule has 0 aliphatic heterocycles. The average molecular weight is 211 g/mol. The van der Waals surface area contributed by atoms with Gasteiger partial charge in [0.25, 0.3) is 0 Å². The molecule has 1 aliphatic carbocycles. The zero-order valence-corrected chi connectivity index (χ0v) is 8.87. The lowest BCUT2D eigenvalue weighted by atomic mass is 9.95. The second-order valence-corrected chi connectivity index (χ2v) is 4.48. The first kappa shape index (κ1) is 10.0. The second kappa shape index (κ2) is 4.33. The van der Waals surface area contributed by atoms with E-state index in [2.05, 4.69) is 0 Å². The Morgan fingerprint density at radius 1 is 1.29 bits per heavy atom. The van der Waals surface area contributed by atoms with Gasteiger partial charge in [-0.15, -0.1) is 0 Å². The summed E-state index contributed by atoms with van der Waals surface area (Å²) in [7, 11) is 0. The highest BCUT2D eigenvalue weighted by Gasteiger charge is 2.24. The van der Waals surface area contributed by atoms with E-state index in [4.69, 9.17) is 11.6 Å². The molecule has 76 valence electrons. The summed E-state index contributed by atoms with van der Waals surface area (Å²) in [6.07, 6.45) is 4.47. The molecule has 2 heteroatoms. The van der Waals surface area contributed by atoms with Crippen LogP contribution in [0.2, 0.25) is 5.02 Å². The molecule has 1 fully saturated rings. The molecule has 1 aliphatic rings. The molecule has 0 amide bonds. The number of benzene rings is 1. The van der Waals surface area contributed by atoms with E-state index < -0.39 is 0 Å². The summed E-state index contributed by atoms with van der Waals surface area (Å²) in [5.74, 6) is 0.438. The quantitative estimate of drug-likeness (QED) is 0.792. The Bertz CT molecular complexity index is 305. The Morgan fingerprint density at radius 2 is 2.00 bits per heavy atom. The van der Waals surface area contributed by atoms with Gasteiger partial charge in [0, 0.05) is 5.02 Å². The molecule has 1 aromatic carbocycles. The van der Waals surface area contributed by atoms with Crippen molar-refractivity contribution in [1.82, 2.24) is 0 Å². The van der Waals surface area contributed by atoms with Crippen molar-refractivity contribution in [2.45, 2.75) is 31.8 Å². The molecule has 0 saturated heterocycles. The van der Waals surface area contributed by atoms with Crippen molar-refractivity contribution in [1.29, 1.82) is 0 Å². The molecule has 2 rings (SSSR count). The van der Waals surface area contributed by atoms with E-state index in [-0.39, 0.29) is 6.10 Å². The first-order chi connectivity index (χ1) is 6.77. The van der Waals surface area contributed by atoms with Crippen LogP contribution >= 0.6 is 11.6 Å². The topological polar surface area (TPSA) is 20.2 Å². The third-order valence-electron chi connectivity index (χ3n) is 3.04. The van der Waals surface area contributed by atoms with Crippen LogP contribution in [0.1, 0.15) is 37.4 Å². The minimum atomic E-state index is -0.323. The summed E-state index contributed by atoms with van der Waals surface area (Å²) >= 11 is 5.88. The predicted molar refractivity (Wildman–Crippen MR) is 58.4 cm³/mol. The van der Waals surface area contributed by atoms with Crippen molar-refractivity contribution in [3.63, 3.8) is 0 Å². The van der Waals surface area contributed by atoms with E-state index in [1.807, 2.05) is 24.3 Å². The third-order valence-corrected chi connectivity index (χ3v) is 3.27. The molecule has 0 unspecified atom stereocenters. The molecule has 14 heavy (non-hydrogen) atoms. The van der Waals surface area contributed by atoms with Gasteiger partial charge in [-0.25, -0.2) is 0 Å². The largest absolute Gasteiger partial charge is 0.388 e. The maximum Gasteiger partial charge on any atom is 0.0818 e. The van der Waals surface area contributed by atoms with Crippen LogP contribution in [0.15, 0.2) is 24.3 Å². The normalized spacial score (nSPS) is 19.9. The number of rotatable bonds is 2. The van der Waals surface area contributed by atoms with E-state index in [0.29, 0.717) is 10.9 Å². The standard InChI is InChI=1S/C12H15ClO/c13-11-7-3-6-10(8-11)12(14)9-4-1-2-5-9/h3,6-9,12,14H,1-2,4-5H2/t12-/m0/s1. The van der Waals surface area contributed by atoms with Crippen LogP contribution in [0.25, 0.3) is 0 Å². The molecule has 0 radical (unpaired) electrons. The molecule has 1 nitrogen and oxygen atoms in total. The molecule has 1 atom stereocenters. The van der Waals surface area contributed by atoms with Gasteiger partial charge in [-0.2, -0.15) is 0 Å². The Labute approximate surface area is 89.7 Å². The Hall–Kier alpha value is -0.530. The molecule has 0 aromatic heterocycles. The summed E-state index contributed by atoms with van der Waals surface area (Å²) in [4.78, 5) is 0. The SMILES string of the molecule is O[C@H](c1cccc(Cl)c1)C1CCCC1. The smallest absolute Gasteiger partial charge is 0.0818 e. The zero-order chi connectivity index (χ0) is 9.97. The van der Waals surface area contributed by atoms with Crippen LogP contribution in [0.4, 0.5) is 0 Å². The van der Waals surface area contributed by atoms with Crippen molar-refractivity contribution in [2.24, 2.45) is 5.92 Å². The van der Waals surface area contributed by atoms with Gasteiger partial charge in [0.1, 0.15) is 0 Å². The summed E-state index contributed by atoms with van der Waals surface area (Å²) in [5, 5.41) is 10.8. The van der Waals surface area contributed by atoms with Crippen molar-refractivity contribution in [2.75, 3.05) is 0 Å². The first-order valence-corrected chi connectivity index (χ1v) is 5.59. The number of halogens is 1. The summed E-state index contributed by atoms with van der Waals surface area (Å²) in [6.45, 7) is 0. The number of aliphatic hydroxyl groups is 1. The summed E-state index contributed by atoms with van der Waals surface area (Å²) in [6, 6.07) is 7.56. The van der Waals surface area contributed by atoms with Crippen LogP contribution in [0, 0.1) is 5.92 Å². The molecule has 0 spiro atoms. The van der Waals surface area contributed by atoms with Crippen LogP contribution < -0.4 is 0 Å². The minimum Gasteiger partial charge on any atom is -0.388 e. The van der Waals surface area contributed by atoms with Crippen LogP contribution in [0.3, 0.4) is 0 Å². The summed E-state index contributed by atoms with van der Waals surface area (Å²) < 4.78 is 0. The average Bonchev–Trinajstić information content (AvgIpc) is 2.69. The lowest BCUT2D eigenvalue weighted by molar-refractivity contribution is 0.111.